The minimum Gasteiger partial charge on any atom is -0.369 e. The molecule has 2 aromatic carbocycles. The van der Waals surface area contributed by atoms with Crippen molar-refractivity contribution in [3.8, 4) is 0 Å². The summed E-state index contributed by atoms with van der Waals surface area (Å²) in [6, 6.07) is 13.7. The number of hydrogen-bond donors (Lipinski definition) is 1. The molecule has 1 atom stereocenters. The molecule has 0 aliphatic heterocycles. The predicted octanol–water partition coefficient (Wildman–Crippen LogP) is 4.29. The summed E-state index contributed by atoms with van der Waals surface area (Å²) in [5.74, 6) is -0.651. The average molecular weight is 349 g/mol. The molecule has 2 N–H and O–H groups in total. The van der Waals surface area contributed by atoms with Crippen molar-refractivity contribution in [2.24, 2.45) is 5.41 Å². The number of aromatic nitrogens is 2. The largest absolute Gasteiger partial charge is 0.369 e. The van der Waals surface area contributed by atoms with Crippen LogP contribution < -0.4 is 5.73 Å². The Morgan fingerprint density at radius 1 is 1.00 bits per heavy atom. The van der Waals surface area contributed by atoms with Crippen LogP contribution in [0.3, 0.4) is 0 Å². The van der Waals surface area contributed by atoms with Crippen LogP contribution in [0, 0.1) is 5.41 Å². The standard InChI is InChI=1S/C21H23N3O2/c1-13(21(2,3)4)24-17-12-15(10-11-16(17)23-20(24)22)19(26)18(25)14-8-6-5-7-9-14/h5-13H,1-4H3,(H2,22,23). The Labute approximate surface area is 152 Å². The molecule has 0 amide bonds. The van der Waals surface area contributed by atoms with Crippen LogP contribution in [0.5, 0.6) is 0 Å². The van der Waals surface area contributed by atoms with E-state index in [4.69, 9.17) is 5.73 Å². The average Bonchev–Trinajstić information content (AvgIpc) is 2.94. The Bertz CT molecular complexity index is 982. The fourth-order valence-corrected chi connectivity index (χ4v) is 2.90. The molecule has 0 bridgehead atoms. The van der Waals surface area contributed by atoms with E-state index in [0.717, 1.165) is 5.52 Å². The van der Waals surface area contributed by atoms with Crippen molar-refractivity contribution in [1.82, 2.24) is 9.55 Å². The Hall–Kier alpha value is -2.95. The molecule has 1 aromatic heterocycles. The second kappa shape index (κ2) is 6.41. The van der Waals surface area contributed by atoms with E-state index in [-0.39, 0.29) is 11.5 Å². The van der Waals surface area contributed by atoms with Gasteiger partial charge in [0.2, 0.25) is 17.5 Å². The topological polar surface area (TPSA) is 78.0 Å². The highest BCUT2D eigenvalue weighted by molar-refractivity contribution is 6.49. The zero-order valence-electron chi connectivity index (χ0n) is 15.5. The van der Waals surface area contributed by atoms with E-state index in [0.29, 0.717) is 22.6 Å². The van der Waals surface area contributed by atoms with Gasteiger partial charge in [0.15, 0.2) is 0 Å². The lowest BCUT2D eigenvalue weighted by Crippen LogP contribution is -2.23. The number of nitrogen functional groups attached to an aromatic ring is 1. The number of nitrogens with zero attached hydrogens (tertiary/aromatic N) is 2. The van der Waals surface area contributed by atoms with E-state index in [1.165, 1.54) is 0 Å². The maximum absolute atomic E-state index is 12.7. The van der Waals surface area contributed by atoms with E-state index in [1.54, 1.807) is 42.5 Å². The summed E-state index contributed by atoms with van der Waals surface area (Å²) in [5, 5.41) is 0. The number of fused-ring (bicyclic) bond motifs is 1. The Morgan fingerprint density at radius 3 is 2.23 bits per heavy atom. The molecule has 0 aliphatic carbocycles. The third-order valence-electron chi connectivity index (χ3n) is 4.86. The highest BCUT2D eigenvalue weighted by Gasteiger charge is 2.26. The SMILES string of the molecule is CC(n1c(N)nc2ccc(C(=O)C(=O)c3ccccc3)cc21)C(C)(C)C. The zero-order valence-corrected chi connectivity index (χ0v) is 15.5. The summed E-state index contributed by atoms with van der Waals surface area (Å²) >= 11 is 0. The van der Waals surface area contributed by atoms with Crippen molar-refractivity contribution in [3.05, 3.63) is 59.7 Å². The van der Waals surface area contributed by atoms with Crippen LogP contribution in [0.15, 0.2) is 48.5 Å². The number of nitrogens with two attached hydrogens (primary N) is 1. The van der Waals surface area contributed by atoms with E-state index >= 15 is 0 Å². The first-order valence-electron chi connectivity index (χ1n) is 8.61. The van der Waals surface area contributed by atoms with E-state index in [1.807, 2.05) is 10.6 Å². The molecule has 3 aromatic rings. The first kappa shape index (κ1) is 17.9. The smallest absolute Gasteiger partial charge is 0.233 e. The van der Waals surface area contributed by atoms with Gasteiger partial charge in [0, 0.05) is 17.2 Å². The second-order valence-corrected chi connectivity index (χ2v) is 7.61. The van der Waals surface area contributed by atoms with Crippen LogP contribution in [-0.2, 0) is 0 Å². The molecule has 1 unspecified atom stereocenters. The third kappa shape index (κ3) is 3.12. The quantitative estimate of drug-likeness (QED) is 0.563. The van der Waals surface area contributed by atoms with Crippen molar-refractivity contribution in [2.75, 3.05) is 5.73 Å². The first-order valence-corrected chi connectivity index (χ1v) is 8.61. The molecule has 0 radical (unpaired) electrons. The van der Waals surface area contributed by atoms with Gasteiger partial charge in [-0.2, -0.15) is 0 Å². The Morgan fingerprint density at radius 2 is 1.62 bits per heavy atom. The Kier molecular flexibility index (Phi) is 4.40. The molecule has 5 heteroatoms. The van der Waals surface area contributed by atoms with Gasteiger partial charge in [0.05, 0.1) is 11.0 Å². The van der Waals surface area contributed by atoms with Crippen molar-refractivity contribution in [3.63, 3.8) is 0 Å². The Balaban J connectivity index is 2.06. The number of ketones is 2. The number of benzene rings is 2. The minimum atomic E-state index is -0.534. The van der Waals surface area contributed by atoms with Crippen LogP contribution in [0.4, 0.5) is 5.95 Å². The number of anilines is 1. The predicted molar refractivity (Wildman–Crippen MR) is 103 cm³/mol. The van der Waals surface area contributed by atoms with Crippen molar-refractivity contribution in [2.45, 2.75) is 33.7 Å². The number of imidazole rings is 1. The monoisotopic (exact) mass is 349 g/mol. The number of rotatable bonds is 4. The number of Topliss-reactive ketones (excluding diaryl/α,β-unsaturated/α-hetero) is 2. The van der Waals surface area contributed by atoms with Gasteiger partial charge in [-0.1, -0.05) is 51.1 Å². The van der Waals surface area contributed by atoms with Gasteiger partial charge in [0.1, 0.15) is 0 Å². The molecule has 5 nitrogen and oxygen atoms in total. The molecular formula is C21H23N3O2. The lowest BCUT2D eigenvalue weighted by atomic mass is 9.87. The lowest BCUT2D eigenvalue weighted by Gasteiger charge is -2.29. The highest BCUT2D eigenvalue weighted by Crippen LogP contribution is 2.35. The van der Waals surface area contributed by atoms with Gasteiger partial charge < -0.3 is 10.3 Å². The maximum Gasteiger partial charge on any atom is 0.233 e. The van der Waals surface area contributed by atoms with E-state index < -0.39 is 11.6 Å². The molecule has 1 heterocycles. The fraction of sp³-hybridized carbons (Fsp3) is 0.286. The van der Waals surface area contributed by atoms with Crippen LogP contribution in [0.2, 0.25) is 0 Å². The summed E-state index contributed by atoms with van der Waals surface area (Å²) in [6.07, 6.45) is 0. The summed E-state index contributed by atoms with van der Waals surface area (Å²) in [4.78, 5) is 29.5. The van der Waals surface area contributed by atoms with Crippen molar-refractivity contribution < 1.29 is 9.59 Å². The number of carbonyl (C=O) groups is 2. The van der Waals surface area contributed by atoms with Gasteiger partial charge in [0.25, 0.3) is 0 Å². The van der Waals surface area contributed by atoms with Gasteiger partial charge in [-0.25, -0.2) is 4.98 Å². The summed E-state index contributed by atoms with van der Waals surface area (Å²) in [5.41, 5.74) is 8.28. The van der Waals surface area contributed by atoms with Crippen molar-refractivity contribution >= 4 is 28.5 Å². The minimum absolute atomic E-state index is 0.0401. The molecular weight excluding hydrogens is 326 g/mol. The van der Waals surface area contributed by atoms with Crippen LogP contribution in [-0.4, -0.2) is 21.1 Å². The van der Waals surface area contributed by atoms with Crippen LogP contribution in [0.25, 0.3) is 11.0 Å². The zero-order chi connectivity index (χ0) is 19.1. The molecule has 26 heavy (non-hydrogen) atoms. The van der Waals surface area contributed by atoms with E-state index in [9.17, 15) is 9.59 Å². The number of carbonyl (C=O) groups excluding carboxylic acids is 2. The lowest BCUT2D eigenvalue weighted by molar-refractivity contribution is 0.0817. The van der Waals surface area contributed by atoms with E-state index in [2.05, 4.69) is 32.7 Å². The molecule has 0 spiro atoms. The molecule has 0 fully saturated rings. The number of hydrogen-bond acceptors (Lipinski definition) is 4. The molecule has 3 rings (SSSR count). The normalized spacial score (nSPS) is 12.9. The molecule has 0 aliphatic rings. The summed E-state index contributed by atoms with van der Waals surface area (Å²) in [6.45, 7) is 8.44. The highest BCUT2D eigenvalue weighted by atomic mass is 16.2. The third-order valence-corrected chi connectivity index (χ3v) is 4.86. The maximum atomic E-state index is 12.7. The van der Waals surface area contributed by atoms with Crippen LogP contribution in [0.1, 0.15) is 54.5 Å². The van der Waals surface area contributed by atoms with Gasteiger partial charge >= 0.3 is 0 Å². The second-order valence-electron chi connectivity index (χ2n) is 7.61. The van der Waals surface area contributed by atoms with Crippen molar-refractivity contribution in [1.29, 1.82) is 0 Å². The fourth-order valence-electron chi connectivity index (χ4n) is 2.90. The molecule has 0 saturated carbocycles. The summed E-state index contributed by atoms with van der Waals surface area (Å²) < 4.78 is 1.93. The summed E-state index contributed by atoms with van der Waals surface area (Å²) in [7, 11) is 0. The van der Waals surface area contributed by atoms with Gasteiger partial charge in [-0.15, -0.1) is 0 Å². The molecule has 134 valence electrons. The van der Waals surface area contributed by atoms with Gasteiger partial charge in [-0.3, -0.25) is 9.59 Å². The molecule has 0 saturated heterocycles. The van der Waals surface area contributed by atoms with Gasteiger partial charge in [-0.05, 0) is 30.5 Å². The van der Waals surface area contributed by atoms with Crippen LogP contribution >= 0.6 is 0 Å². The first-order chi connectivity index (χ1) is 12.2.